The first-order valence-electron chi connectivity index (χ1n) is 8.90. The maximum absolute atomic E-state index is 12.4. The van der Waals surface area contributed by atoms with Crippen LogP contribution in [0.2, 0.25) is 0 Å². The standard InChI is InChI=1S/C20H20F2N2O3S/c21-20(22)28-16-4-1-3-14(12-16)23-18(25)5-2-10-27-15-7-8-17-13(11-15)6-9-19(26)24-17/h1,3-4,7-8,11-12,20H,2,5-6,9-10H2,(H,23,25)(H,24,26). The van der Waals surface area contributed by atoms with Crippen molar-refractivity contribution in [1.82, 2.24) is 0 Å². The number of aryl methyl sites for hydroxylation is 1. The second kappa shape index (κ2) is 9.54. The molecule has 3 rings (SSSR count). The summed E-state index contributed by atoms with van der Waals surface area (Å²) in [5.41, 5.74) is 2.35. The molecule has 0 atom stereocenters. The summed E-state index contributed by atoms with van der Waals surface area (Å²) in [5, 5.41) is 5.52. The van der Waals surface area contributed by atoms with Crippen molar-refractivity contribution < 1.29 is 23.1 Å². The number of rotatable bonds is 8. The van der Waals surface area contributed by atoms with Gasteiger partial charge in [0.05, 0.1) is 6.61 Å². The van der Waals surface area contributed by atoms with E-state index in [2.05, 4.69) is 10.6 Å². The molecule has 0 unspecified atom stereocenters. The number of hydrogen-bond acceptors (Lipinski definition) is 4. The fraction of sp³-hybridized carbons (Fsp3) is 0.300. The minimum atomic E-state index is -2.50. The van der Waals surface area contributed by atoms with Gasteiger partial charge in [-0.3, -0.25) is 9.59 Å². The Balaban J connectivity index is 1.42. The molecule has 28 heavy (non-hydrogen) atoms. The molecule has 1 aliphatic heterocycles. The molecule has 8 heteroatoms. The number of thioether (sulfide) groups is 1. The molecular formula is C20H20F2N2O3S. The van der Waals surface area contributed by atoms with Gasteiger partial charge in [-0.1, -0.05) is 17.8 Å². The van der Waals surface area contributed by atoms with Crippen molar-refractivity contribution in [2.24, 2.45) is 0 Å². The molecule has 2 N–H and O–H groups in total. The number of fused-ring (bicyclic) bond motifs is 1. The Morgan fingerprint density at radius 3 is 2.89 bits per heavy atom. The summed E-state index contributed by atoms with van der Waals surface area (Å²) in [4.78, 5) is 23.8. The van der Waals surface area contributed by atoms with Crippen molar-refractivity contribution >= 4 is 35.0 Å². The van der Waals surface area contributed by atoms with Crippen molar-refractivity contribution in [2.45, 2.75) is 36.3 Å². The summed E-state index contributed by atoms with van der Waals surface area (Å²) in [6.07, 6.45) is 1.93. The van der Waals surface area contributed by atoms with Gasteiger partial charge in [-0.05, 0) is 54.8 Å². The van der Waals surface area contributed by atoms with Gasteiger partial charge in [-0.2, -0.15) is 8.78 Å². The fourth-order valence-corrected chi connectivity index (χ4v) is 3.40. The van der Waals surface area contributed by atoms with E-state index in [0.717, 1.165) is 11.3 Å². The normalized spacial score (nSPS) is 13.0. The largest absolute Gasteiger partial charge is 0.494 e. The smallest absolute Gasteiger partial charge is 0.288 e. The van der Waals surface area contributed by atoms with Crippen LogP contribution in [0.25, 0.3) is 0 Å². The Kier molecular flexibility index (Phi) is 6.86. The molecule has 0 saturated heterocycles. The molecule has 2 aromatic carbocycles. The molecular weight excluding hydrogens is 386 g/mol. The number of anilines is 2. The molecule has 0 aromatic heterocycles. The lowest BCUT2D eigenvalue weighted by Gasteiger charge is -2.17. The molecule has 0 fully saturated rings. The van der Waals surface area contributed by atoms with Crippen LogP contribution in [0, 0.1) is 0 Å². The van der Waals surface area contributed by atoms with E-state index in [-0.39, 0.29) is 18.2 Å². The van der Waals surface area contributed by atoms with Gasteiger partial charge < -0.3 is 15.4 Å². The zero-order valence-electron chi connectivity index (χ0n) is 15.0. The van der Waals surface area contributed by atoms with Gasteiger partial charge in [0.1, 0.15) is 5.75 Å². The number of halogens is 2. The van der Waals surface area contributed by atoms with Gasteiger partial charge in [-0.15, -0.1) is 0 Å². The van der Waals surface area contributed by atoms with E-state index in [1.807, 2.05) is 12.1 Å². The molecule has 1 aliphatic rings. The predicted octanol–water partition coefficient (Wildman–Crippen LogP) is 4.68. The average Bonchev–Trinajstić information content (AvgIpc) is 2.65. The van der Waals surface area contributed by atoms with Crippen LogP contribution in [0.5, 0.6) is 5.75 Å². The van der Waals surface area contributed by atoms with Crippen molar-refractivity contribution in [1.29, 1.82) is 0 Å². The summed E-state index contributed by atoms with van der Waals surface area (Å²) in [6, 6.07) is 11.9. The molecule has 0 aliphatic carbocycles. The van der Waals surface area contributed by atoms with Gasteiger partial charge in [0, 0.05) is 29.1 Å². The van der Waals surface area contributed by atoms with Crippen LogP contribution in [-0.4, -0.2) is 24.2 Å². The topological polar surface area (TPSA) is 67.4 Å². The molecule has 0 spiro atoms. The van der Waals surface area contributed by atoms with Crippen LogP contribution in [0.1, 0.15) is 24.8 Å². The molecule has 2 aromatic rings. The summed E-state index contributed by atoms with van der Waals surface area (Å²) in [5.74, 6) is -1.98. The lowest BCUT2D eigenvalue weighted by Crippen LogP contribution is -2.18. The lowest BCUT2D eigenvalue weighted by molar-refractivity contribution is -0.117. The van der Waals surface area contributed by atoms with E-state index in [9.17, 15) is 18.4 Å². The Morgan fingerprint density at radius 1 is 1.21 bits per heavy atom. The minimum Gasteiger partial charge on any atom is -0.494 e. The third-order valence-corrected chi connectivity index (χ3v) is 4.84. The van der Waals surface area contributed by atoms with E-state index >= 15 is 0 Å². The minimum absolute atomic E-state index is 0.0190. The van der Waals surface area contributed by atoms with E-state index in [1.54, 1.807) is 24.3 Å². The number of alkyl halides is 2. The molecule has 148 valence electrons. The number of carbonyl (C=O) groups is 2. The number of carbonyl (C=O) groups excluding carboxylic acids is 2. The second-order valence-corrected chi connectivity index (χ2v) is 7.34. The first-order valence-corrected chi connectivity index (χ1v) is 9.78. The van der Waals surface area contributed by atoms with Gasteiger partial charge in [0.25, 0.3) is 5.76 Å². The van der Waals surface area contributed by atoms with Crippen LogP contribution >= 0.6 is 11.8 Å². The number of benzene rings is 2. The van der Waals surface area contributed by atoms with Crippen LogP contribution in [-0.2, 0) is 16.0 Å². The Hall–Kier alpha value is -2.61. The van der Waals surface area contributed by atoms with E-state index < -0.39 is 5.76 Å². The highest BCUT2D eigenvalue weighted by Gasteiger charge is 2.15. The maximum atomic E-state index is 12.4. The quantitative estimate of drug-likeness (QED) is 0.493. The van der Waals surface area contributed by atoms with E-state index in [4.69, 9.17) is 4.74 Å². The first kappa shape index (κ1) is 20.1. The van der Waals surface area contributed by atoms with Gasteiger partial charge >= 0.3 is 0 Å². The first-order chi connectivity index (χ1) is 13.5. The summed E-state index contributed by atoms with van der Waals surface area (Å²) in [7, 11) is 0. The SMILES string of the molecule is O=C(CCCOc1ccc2c(c1)CCC(=O)N2)Nc1cccc(SC(F)F)c1. The average molecular weight is 406 g/mol. The van der Waals surface area contributed by atoms with Gasteiger partial charge in [-0.25, -0.2) is 0 Å². The highest BCUT2D eigenvalue weighted by atomic mass is 32.2. The number of ether oxygens (including phenoxy) is 1. The van der Waals surface area contributed by atoms with Crippen LogP contribution in [0.3, 0.4) is 0 Å². The molecule has 1 heterocycles. The zero-order chi connectivity index (χ0) is 19.9. The maximum Gasteiger partial charge on any atom is 0.288 e. The van der Waals surface area contributed by atoms with Crippen molar-refractivity contribution in [3.8, 4) is 5.75 Å². The number of amides is 2. The van der Waals surface area contributed by atoms with Crippen LogP contribution < -0.4 is 15.4 Å². The molecule has 0 bridgehead atoms. The Labute approximate surface area is 165 Å². The summed E-state index contributed by atoms with van der Waals surface area (Å²) < 4.78 is 30.5. The fourth-order valence-electron chi connectivity index (χ4n) is 2.85. The van der Waals surface area contributed by atoms with Crippen molar-refractivity contribution in [2.75, 3.05) is 17.2 Å². The highest BCUT2D eigenvalue weighted by molar-refractivity contribution is 7.99. The lowest BCUT2D eigenvalue weighted by atomic mass is 10.0. The predicted molar refractivity (Wildman–Crippen MR) is 105 cm³/mol. The number of nitrogens with one attached hydrogen (secondary N) is 2. The van der Waals surface area contributed by atoms with Gasteiger partial charge in [0.15, 0.2) is 0 Å². The van der Waals surface area contributed by atoms with Crippen molar-refractivity contribution in [3.63, 3.8) is 0 Å². The molecule has 5 nitrogen and oxygen atoms in total. The van der Waals surface area contributed by atoms with Crippen LogP contribution in [0.4, 0.5) is 20.2 Å². The molecule has 0 radical (unpaired) electrons. The monoisotopic (exact) mass is 406 g/mol. The zero-order valence-corrected chi connectivity index (χ0v) is 15.9. The van der Waals surface area contributed by atoms with E-state index in [0.29, 0.717) is 54.0 Å². The molecule has 2 amide bonds. The highest BCUT2D eigenvalue weighted by Crippen LogP contribution is 2.28. The number of hydrogen-bond donors (Lipinski definition) is 2. The van der Waals surface area contributed by atoms with Gasteiger partial charge in [0.2, 0.25) is 11.8 Å². The Bertz CT molecular complexity index is 861. The van der Waals surface area contributed by atoms with Crippen LogP contribution in [0.15, 0.2) is 47.4 Å². The molecule has 0 saturated carbocycles. The second-order valence-electron chi connectivity index (χ2n) is 6.27. The van der Waals surface area contributed by atoms with Crippen molar-refractivity contribution in [3.05, 3.63) is 48.0 Å². The summed E-state index contributed by atoms with van der Waals surface area (Å²) in [6.45, 7) is 0.375. The summed E-state index contributed by atoms with van der Waals surface area (Å²) >= 11 is 0.441. The van der Waals surface area contributed by atoms with E-state index in [1.165, 1.54) is 6.07 Å². The third kappa shape index (κ3) is 5.95. The Morgan fingerprint density at radius 2 is 2.07 bits per heavy atom. The third-order valence-electron chi connectivity index (χ3n) is 4.13.